The van der Waals surface area contributed by atoms with Gasteiger partial charge in [-0.15, -0.1) is 5.10 Å². The van der Waals surface area contributed by atoms with Crippen molar-refractivity contribution < 1.29 is 17.9 Å². The molecular weight excluding hydrogens is 420 g/mol. The Hall–Kier alpha value is -2.50. The van der Waals surface area contributed by atoms with E-state index in [2.05, 4.69) is 20.4 Å². The Morgan fingerprint density at radius 3 is 2.65 bits per heavy atom. The summed E-state index contributed by atoms with van der Waals surface area (Å²) in [5.41, 5.74) is 7.14. The van der Waals surface area contributed by atoms with Crippen LogP contribution in [0.2, 0.25) is 0 Å². The van der Waals surface area contributed by atoms with Crippen molar-refractivity contribution >= 4 is 21.8 Å². The highest BCUT2D eigenvalue weighted by molar-refractivity contribution is 7.89. The summed E-state index contributed by atoms with van der Waals surface area (Å²) in [6.45, 7) is 5.38. The average Bonchev–Trinajstić information content (AvgIpc) is 3.18. The Morgan fingerprint density at radius 1 is 1.29 bits per heavy atom. The topological polar surface area (TPSA) is 141 Å². The van der Waals surface area contributed by atoms with Crippen LogP contribution in [0.15, 0.2) is 29.3 Å². The van der Waals surface area contributed by atoms with Gasteiger partial charge in [0.1, 0.15) is 5.69 Å². The van der Waals surface area contributed by atoms with Crippen LogP contribution in [0.5, 0.6) is 0 Å². The van der Waals surface area contributed by atoms with E-state index in [0.717, 1.165) is 25.7 Å². The number of nitrogens with two attached hydrogens (primary N) is 1. The summed E-state index contributed by atoms with van der Waals surface area (Å²) in [4.78, 5) is 11.9. The lowest BCUT2D eigenvalue weighted by atomic mass is 9.92. The van der Waals surface area contributed by atoms with Crippen molar-refractivity contribution in [2.45, 2.75) is 69.5 Å². The number of hydrogen-bond acceptors (Lipinski definition) is 7. The quantitative estimate of drug-likeness (QED) is 0.589. The molecule has 0 spiro atoms. The van der Waals surface area contributed by atoms with Crippen molar-refractivity contribution in [1.29, 1.82) is 0 Å². The van der Waals surface area contributed by atoms with Gasteiger partial charge in [-0.2, -0.15) is 0 Å². The maximum Gasteiger partial charge on any atom is 0.411 e. The van der Waals surface area contributed by atoms with Crippen LogP contribution < -0.4 is 15.8 Å². The molecule has 2 aromatic rings. The maximum absolute atomic E-state index is 12.9. The van der Waals surface area contributed by atoms with Gasteiger partial charge in [0.15, 0.2) is 0 Å². The van der Waals surface area contributed by atoms with Crippen LogP contribution in [0.3, 0.4) is 0 Å². The van der Waals surface area contributed by atoms with Crippen molar-refractivity contribution in [3.63, 3.8) is 0 Å². The van der Waals surface area contributed by atoms with Crippen molar-refractivity contribution in [2.24, 2.45) is 5.73 Å². The summed E-state index contributed by atoms with van der Waals surface area (Å²) in [5, 5.41) is 11.0. The fourth-order valence-corrected chi connectivity index (χ4v) is 4.89. The van der Waals surface area contributed by atoms with Crippen LogP contribution >= 0.6 is 0 Å². The van der Waals surface area contributed by atoms with Gasteiger partial charge in [0.05, 0.1) is 23.2 Å². The number of hydrogen-bond donors (Lipinski definition) is 3. The van der Waals surface area contributed by atoms with Gasteiger partial charge in [-0.05, 0) is 57.7 Å². The molecule has 1 aromatic carbocycles. The van der Waals surface area contributed by atoms with Gasteiger partial charge in [-0.1, -0.05) is 12.1 Å². The number of ether oxygens (including phenoxy) is 1. The zero-order valence-corrected chi connectivity index (χ0v) is 18.9. The summed E-state index contributed by atoms with van der Waals surface area (Å²) in [6, 6.07) is 5.04. The third-order valence-corrected chi connectivity index (χ3v) is 6.68. The highest BCUT2D eigenvalue weighted by Crippen LogP contribution is 2.31. The fraction of sp³-hybridized carbons (Fsp3) is 0.550. The van der Waals surface area contributed by atoms with Crippen molar-refractivity contribution in [2.75, 3.05) is 11.9 Å². The Kier molecular flexibility index (Phi) is 7.29. The summed E-state index contributed by atoms with van der Waals surface area (Å²) >= 11 is 0. The first-order chi connectivity index (χ1) is 14.7. The van der Waals surface area contributed by atoms with Crippen molar-refractivity contribution in [3.05, 3.63) is 24.4 Å². The summed E-state index contributed by atoms with van der Waals surface area (Å²) in [7, 11) is -3.83. The van der Waals surface area contributed by atoms with E-state index in [9.17, 15) is 13.2 Å². The first kappa shape index (κ1) is 23.2. The van der Waals surface area contributed by atoms with Gasteiger partial charge < -0.3 is 10.5 Å². The second-order valence-electron chi connectivity index (χ2n) is 7.94. The zero-order valence-electron chi connectivity index (χ0n) is 18.0. The molecule has 3 rings (SSSR count). The molecule has 1 amide bonds. The van der Waals surface area contributed by atoms with Crippen LogP contribution in [0.4, 0.5) is 10.5 Å². The summed E-state index contributed by atoms with van der Waals surface area (Å²) in [6.07, 6.45) is 4.48. The molecule has 1 aliphatic carbocycles. The number of aromatic nitrogens is 3. The van der Waals surface area contributed by atoms with Crippen LogP contribution in [-0.4, -0.2) is 48.2 Å². The van der Waals surface area contributed by atoms with Gasteiger partial charge in [-0.25, -0.2) is 22.6 Å². The number of rotatable bonds is 7. The minimum absolute atomic E-state index is 0.00872. The van der Waals surface area contributed by atoms with E-state index in [1.165, 1.54) is 6.07 Å². The number of sulfonamides is 1. The molecule has 0 unspecified atom stereocenters. The molecule has 1 saturated carbocycles. The van der Waals surface area contributed by atoms with Crippen LogP contribution in [-0.2, 0) is 14.8 Å². The van der Waals surface area contributed by atoms with Crippen molar-refractivity contribution in [1.82, 2.24) is 19.7 Å². The van der Waals surface area contributed by atoms with E-state index in [0.29, 0.717) is 16.9 Å². The monoisotopic (exact) mass is 450 g/mol. The van der Waals surface area contributed by atoms with E-state index in [1.54, 1.807) is 43.8 Å². The molecule has 170 valence electrons. The molecule has 0 bridgehead atoms. The minimum atomic E-state index is -3.83. The molecule has 1 aromatic heterocycles. The number of nitrogens with one attached hydrogen (secondary N) is 2. The lowest BCUT2D eigenvalue weighted by Gasteiger charge is -2.25. The number of carbonyl (C=O) groups excluding carboxylic acids is 1. The summed E-state index contributed by atoms with van der Waals surface area (Å²) < 4.78 is 35.1. The number of carbonyl (C=O) groups is 1. The number of amides is 1. The number of benzene rings is 1. The molecule has 0 saturated heterocycles. The largest absolute Gasteiger partial charge is 0.447 e. The predicted molar refractivity (Wildman–Crippen MR) is 117 cm³/mol. The first-order valence-electron chi connectivity index (χ1n) is 10.5. The Bertz CT molecular complexity index is 1010. The minimum Gasteiger partial charge on any atom is -0.447 e. The molecular formula is C20H30N6O4S. The molecule has 4 N–H and O–H groups in total. The third kappa shape index (κ3) is 5.81. The number of nitrogens with zero attached hydrogens (tertiary/aromatic N) is 3. The van der Waals surface area contributed by atoms with Gasteiger partial charge in [0, 0.05) is 23.8 Å². The highest BCUT2D eigenvalue weighted by atomic mass is 32.2. The molecule has 0 aliphatic heterocycles. The predicted octanol–water partition coefficient (Wildman–Crippen LogP) is 2.64. The van der Waals surface area contributed by atoms with E-state index < -0.39 is 16.1 Å². The second kappa shape index (κ2) is 9.75. The molecule has 10 nitrogen and oxygen atoms in total. The lowest BCUT2D eigenvalue weighted by Crippen LogP contribution is -2.28. The van der Waals surface area contributed by atoms with Crippen LogP contribution in [0, 0.1) is 0 Å². The van der Waals surface area contributed by atoms with Gasteiger partial charge >= 0.3 is 6.09 Å². The van der Waals surface area contributed by atoms with Crippen LogP contribution in [0.1, 0.15) is 52.5 Å². The lowest BCUT2D eigenvalue weighted by molar-refractivity contribution is 0.130. The summed E-state index contributed by atoms with van der Waals surface area (Å²) in [5.74, 6) is 0. The van der Waals surface area contributed by atoms with Crippen molar-refractivity contribution in [3.8, 4) is 11.3 Å². The standard InChI is InChI=1S/C20H30N6O4S/c1-4-22-31(28,29)19-11-15(23-20(27)30-13(2)3)7-10-17(19)18-12-26(25-24-18)16-8-5-14(21)6-9-16/h7,10-14,16,22H,4-6,8-9,21H2,1-3H3,(H,23,27)/t14-,16-. The zero-order chi connectivity index (χ0) is 22.6. The Labute approximate surface area is 182 Å². The van der Waals surface area contributed by atoms with E-state index in [-0.39, 0.29) is 29.6 Å². The maximum atomic E-state index is 12.9. The van der Waals surface area contributed by atoms with Gasteiger partial charge in [0.2, 0.25) is 10.0 Å². The fourth-order valence-electron chi connectivity index (χ4n) is 3.61. The number of anilines is 1. The first-order valence-corrected chi connectivity index (χ1v) is 12.0. The van der Waals surface area contributed by atoms with Gasteiger partial charge in [-0.3, -0.25) is 5.32 Å². The van der Waals surface area contributed by atoms with E-state index >= 15 is 0 Å². The molecule has 0 atom stereocenters. The Balaban J connectivity index is 1.93. The van der Waals surface area contributed by atoms with Gasteiger partial charge in [0.25, 0.3) is 0 Å². The second-order valence-corrected chi connectivity index (χ2v) is 9.68. The van der Waals surface area contributed by atoms with Crippen LogP contribution in [0.25, 0.3) is 11.3 Å². The Morgan fingerprint density at radius 2 is 2.00 bits per heavy atom. The highest BCUT2D eigenvalue weighted by Gasteiger charge is 2.24. The average molecular weight is 451 g/mol. The smallest absolute Gasteiger partial charge is 0.411 e. The molecule has 11 heteroatoms. The third-order valence-electron chi connectivity index (χ3n) is 5.10. The molecule has 1 heterocycles. The molecule has 1 aliphatic rings. The molecule has 31 heavy (non-hydrogen) atoms. The normalized spacial score (nSPS) is 19.4. The van der Waals surface area contributed by atoms with E-state index in [4.69, 9.17) is 10.5 Å². The molecule has 1 fully saturated rings. The SMILES string of the molecule is CCNS(=O)(=O)c1cc(NC(=O)OC(C)C)ccc1-c1cn([C@H]2CC[C@H](N)CC2)nn1. The molecule has 0 radical (unpaired) electrons. The van der Waals surface area contributed by atoms with E-state index in [1.807, 2.05) is 0 Å².